The Hall–Kier alpha value is -6.02. The summed E-state index contributed by atoms with van der Waals surface area (Å²) in [6.07, 6.45) is 3.70. The fraction of sp³-hybridized carbons (Fsp3) is 0.500. The minimum absolute atomic E-state index is 0.00732. The number of nitrogens with zero attached hydrogens (tertiary/aromatic N) is 5. The summed E-state index contributed by atoms with van der Waals surface area (Å²) in [7, 11) is -2.10. The second-order valence-electron chi connectivity index (χ2n) is 17.7. The summed E-state index contributed by atoms with van der Waals surface area (Å²) < 4.78 is 74.1. The number of nitrogens with one attached hydrogen (secondary N) is 3. The summed E-state index contributed by atoms with van der Waals surface area (Å²) in [4.78, 5) is 62.5. The molecule has 72 heavy (non-hydrogen) atoms. The van der Waals surface area contributed by atoms with Gasteiger partial charge in [-0.1, -0.05) is 12.5 Å². The summed E-state index contributed by atoms with van der Waals surface area (Å²) in [6.45, 7) is 2.03. The van der Waals surface area contributed by atoms with Crippen LogP contribution in [0.5, 0.6) is 0 Å². The lowest BCUT2D eigenvalue weighted by atomic mass is 9.96. The predicted molar refractivity (Wildman–Crippen MR) is 268 cm³/mol. The molecule has 1 heterocycles. The minimum atomic E-state index is -5.22. The van der Waals surface area contributed by atoms with E-state index >= 15 is 0 Å². The van der Waals surface area contributed by atoms with Crippen molar-refractivity contribution >= 4 is 83.0 Å². The molecule has 4 rings (SSSR count). The Morgan fingerprint density at radius 3 is 1.44 bits per heavy atom. The summed E-state index contributed by atoms with van der Waals surface area (Å²) in [5, 5.41) is 37.6. The van der Waals surface area contributed by atoms with Crippen LogP contribution in [0.4, 0.5) is 11.4 Å². The third kappa shape index (κ3) is 17.9. The van der Waals surface area contributed by atoms with Crippen molar-refractivity contribution in [3.8, 4) is 11.1 Å². The number of hydrogen-bond acceptors (Lipinski definition) is 15. The zero-order chi connectivity index (χ0) is 53.2. The Balaban J connectivity index is 1.15. The SMILES string of the molecule is CC(=O)N(O)CCCCCNC(=O)CCC(=O)N(O)CCCCCNC(=O)CCC(=O)N(O)CCCCCNS(=O)(=O)c1ccc(-c2c3ccc(N(C)C)cc3[o+]c3cc(N(C)C)ccc23)c(S(=O)(=O)[O-])c1. The van der Waals surface area contributed by atoms with Crippen molar-refractivity contribution in [1.82, 2.24) is 30.5 Å². The highest BCUT2D eigenvalue weighted by atomic mass is 32.2. The van der Waals surface area contributed by atoms with Gasteiger partial charge in [0, 0.05) is 123 Å². The molecular formula is C48H68N8O14S2. The molecule has 0 aliphatic rings. The number of unbranched alkanes of at least 4 members (excludes halogenated alkanes) is 6. The Bertz CT molecular complexity index is 2690. The number of anilines is 2. The molecule has 396 valence electrons. The number of carbonyl (C=O) groups is 5. The van der Waals surface area contributed by atoms with Gasteiger partial charge in [0.25, 0.3) is 0 Å². The van der Waals surface area contributed by atoms with Gasteiger partial charge in [0.15, 0.2) is 0 Å². The van der Waals surface area contributed by atoms with E-state index in [-0.39, 0.29) is 76.3 Å². The molecule has 0 unspecified atom stereocenters. The zero-order valence-electron chi connectivity index (χ0n) is 41.5. The maximum Gasteiger partial charge on any atom is 0.363 e. The van der Waals surface area contributed by atoms with Crippen LogP contribution in [0.2, 0.25) is 0 Å². The van der Waals surface area contributed by atoms with Crippen molar-refractivity contribution in [3.63, 3.8) is 0 Å². The maximum atomic E-state index is 13.4. The van der Waals surface area contributed by atoms with Gasteiger partial charge >= 0.3 is 11.2 Å². The van der Waals surface area contributed by atoms with Gasteiger partial charge in [0.1, 0.15) is 10.1 Å². The third-order valence-electron chi connectivity index (χ3n) is 11.7. The van der Waals surface area contributed by atoms with Crippen molar-refractivity contribution in [2.24, 2.45) is 0 Å². The molecule has 0 atom stereocenters. The van der Waals surface area contributed by atoms with Crippen LogP contribution in [0.25, 0.3) is 33.1 Å². The van der Waals surface area contributed by atoms with Crippen LogP contribution in [0.1, 0.15) is 90.4 Å². The van der Waals surface area contributed by atoms with Crippen molar-refractivity contribution in [2.75, 3.05) is 77.3 Å². The van der Waals surface area contributed by atoms with Crippen LogP contribution in [0.15, 0.2) is 68.8 Å². The van der Waals surface area contributed by atoms with Crippen LogP contribution >= 0.6 is 0 Å². The first-order valence-corrected chi connectivity index (χ1v) is 26.7. The highest BCUT2D eigenvalue weighted by Gasteiger charge is 2.27. The molecule has 3 aromatic carbocycles. The van der Waals surface area contributed by atoms with E-state index in [9.17, 15) is 61.0 Å². The van der Waals surface area contributed by atoms with Crippen LogP contribution in [0, 0.1) is 0 Å². The molecule has 1 aromatic heterocycles. The second kappa shape index (κ2) is 27.7. The van der Waals surface area contributed by atoms with Crippen LogP contribution in [-0.2, 0) is 44.1 Å². The van der Waals surface area contributed by atoms with Crippen molar-refractivity contribution < 1.29 is 65.4 Å². The molecular weight excluding hydrogens is 977 g/mol. The smallest absolute Gasteiger partial charge is 0.363 e. The topological polar surface area (TPSA) is 301 Å². The molecule has 24 heteroatoms. The van der Waals surface area contributed by atoms with Crippen LogP contribution < -0.4 is 25.2 Å². The molecule has 4 aromatic rings. The Labute approximate surface area is 420 Å². The molecule has 0 spiro atoms. The van der Waals surface area contributed by atoms with E-state index in [1.807, 2.05) is 50.1 Å². The largest absolute Gasteiger partial charge is 0.744 e. The molecule has 0 saturated heterocycles. The number of benzene rings is 3. The number of hydrogen-bond donors (Lipinski definition) is 6. The fourth-order valence-corrected chi connectivity index (χ4v) is 9.40. The average molecular weight is 1050 g/mol. The second-order valence-corrected chi connectivity index (χ2v) is 20.8. The van der Waals surface area contributed by atoms with E-state index in [0.29, 0.717) is 101 Å². The van der Waals surface area contributed by atoms with Gasteiger partial charge in [-0.3, -0.25) is 39.6 Å². The van der Waals surface area contributed by atoms with Crippen LogP contribution in [0.3, 0.4) is 0 Å². The van der Waals surface area contributed by atoms with E-state index < -0.39 is 53.6 Å². The Kier molecular flexibility index (Phi) is 22.5. The van der Waals surface area contributed by atoms with Crippen molar-refractivity contribution in [2.45, 2.75) is 100 Å². The first-order valence-electron chi connectivity index (χ1n) is 23.8. The number of sulfonamides is 1. The summed E-state index contributed by atoms with van der Waals surface area (Å²) in [5.74, 6) is -2.46. The predicted octanol–water partition coefficient (Wildman–Crippen LogP) is 4.83. The molecule has 0 aliphatic heterocycles. The van der Waals surface area contributed by atoms with Gasteiger partial charge in [-0.2, -0.15) is 0 Å². The molecule has 0 radical (unpaired) electrons. The van der Waals surface area contributed by atoms with Gasteiger partial charge < -0.3 is 25.0 Å². The maximum absolute atomic E-state index is 13.4. The van der Waals surface area contributed by atoms with Gasteiger partial charge in [0.05, 0.1) is 32.7 Å². The first kappa shape index (κ1) is 58.5. The van der Waals surface area contributed by atoms with Gasteiger partial charge in [0.2, 0.25) is 39.6 Å². The summed E-state index contributed by atoms with van der Waals surface area (Å²) >= 11 is 0. The van der Waals surface area contributed by atoms with Crippen LogP contribution in [-0.4, -0.2) is 149 Å². The van der Waals surface area contributed by atoms with E-state index in [1.54, 1.807) is 24.3 Å². The number of hydroxylamine groups is 6. The van der Waals surface area contributed by atoms with Crippen molar-refractivity contribution in [1.29, 1.82) is 0 Å². The standard InChI is InChI=1S/C48H68N8O14S2/c1-34(57)54(62)28-12-6-9-25-49-44(58)21-23-46(60)55(63)29-13-7-10-26-50-45(59)22-24-47(61)56(64)30-14-8-11-27-51-71(65,66)37-17-20-40(43(33-37)72(67,68)69)48-38-18-15-35(52(2)3)31-41(38)70-42-32-36(53(4)5)16-19-39(42)48/h15-20,31-33,51,62-64H,6-14,21-30H2,1-5H3,(H2-,49,50,58,59,67,68,69). The summed E-state index contributed by atoms with van der Waals surface area (Å²) in [5.41, 5.74) is 2.84. The number of fused-ring (bicyclic) bond motifs is 2. The van der Waals surface area contributed by atoms with Gasteiger partial charge in [-0.15, -0.1) is 0 Å². The van der Waals surface area contributed by atoms with E-state index in [2.05, 4.69) is 15.4 Å². The first-order chi connectivity index (χ1) is 34.0. The molecule has 22 nitrogen and oxygen atoms in total. The lowest BCUT2D eigenvalue weighted by Crippen LogP contribution is -2.31. The molecule has 0 fully saturated rings. The normalized spacial score (nSPS) is 11.6. The summed E-state index contributed by atoms with van der Waals surface area (Å²) in [6, 6.07) is 14.1. The molecule has 0 saturated carbocycles. The van der Waals surface area contributed by atoms with Gasteiger partial charge in [-0.05, 0) is 87.8 Å². The number of rotatable bonds is 30. The third-order valence-corrected chi connectivity index (χ3v) is 14.0. The van der Waals surface area contributed by atoms with Crippen molar-refractivity contribution in [3.05, 3.63) is 54.6 Å². The number of amides is 5. The lowest BCUT2D eigenvalue weighted by molar-refractivity contribution is -0.166. The van der Waals surface area contributed by atoms with Gasteiger partial charge in [-0.25, -0.2) is 41.2 Å². The molecule has 0 aliphatic carbocycles. The molecule has 5 amide bonds. The number of carbonyl (C=O) groups excluding carboxylic acids is 5. The highest BCUT2D eigenvalue weighted by molar-refractivity contribution is 7.89. The van der Waals surface area contributed by atoms with E-state index in [1.165, 1.54) is 19.1 Å². The van der Waals surface area contributed by atoms with E-state index in [0.717, 1.165) is 17.4 Å². The monoisotopic (exact) mass is 1040 g/mol. The lowest BCUT2D eigenvalue weighted by Gasteiger charge is -2.18. The fourth-order valence-electron chi connectivity index (χ4n) is 7.52. The Morgan fingerprint density at radius 1 is 0.569 bits per heavy atom. The average Bonchev–Trinajstić information content (AvgIpc) is 3.33. The Morgan fingerprint density at radius 2 is 1.01 bits per heavy atom. The molecule has 6 N–H and O–H groups in total. The highest BCUT2D eigenvalue weighted by Crippen LogP contribution is 2.42. The minimum Gasteiger partial charge on any atom is -0.744 e. The zero-order valence-corrected chi connectivity index (χ0v) is 43.1. The molecule has 0 bridgehead atoms. The quantitative estimate of drug-likeness (QED) is 0.0102. The van der Waals surface area contributed by atoms with E-state index in [4.69, 9.17) is 4.42 Å².